The van der Waals surface area contributed by atoms with Gasteiger partial charge in [0.15, 0.2) is 0 Å². The molecule has 1 rings (SSSR count). The van der Waals surface area contributed by atoms with Gasteiger partial charge in [-0.05, 0) is 53.0 Å². The number of likely N-dealkylation sites (tertiary alicyclic amines) is 1. The molecule has 18 heavy (non-hydrogen) atoms. The Labute approximate surface area is 110 Å². The summed E-state index contributed by atoms with van der Waals surface area (Å²) < 4.78 is 0. The van der Waals surface area contributed by atoms with E-state index in [1.54, 1.807) is 0 Å². The van der Waals surface area contributed by atoms with Crippen molar-refractivity contribution in [2.24, 2.45) is 0 Å². The SMILES string of the molecule is CC(C)=CCC/C(C)=C/CN1CCC[C@H]1C(=O)O. The topological polar surface area (TPSA) is 40.5 Å². The molecule has 1 N–H and O–H groups in total. The summed E-state index contributed by atoms with van der Waals surface area (Å²) in [5, 5.41) is 9.08. The van der Waals surface area contributed by atoms with E-state index in [0.29, 0.717) is 0 Å². The molecule has 102 valence electrons. The second-order valence-electron chi connectivity index (χ2n) is 5.36. The van der Waals surface area contributed by atoms with Crippen molar-refractivity contribution in [3.63, 3.8) is 0 Å². The molecule has 1 saturated heterocycles. The second-order valence-corrected chi connectivity index (χ2v) is 5.36. The number of carbonyl (C=O) groups is 1. The van der Waals surface area contributed by atoms with E-state index in [4.69, 9.17) is 5.11 Å². The fourth-order valence-corrected chi connectivity index (χ4v) is 2.29. The van der Waals surface area contributed by atoms with Gasteiger partial charge in [-0.3, -0.25) is 9.69 Å². The van der Waals surface area contributed by atoms with Gasteiger partial charge in [0.25, 0.3) is 0 Å². The lowest BCUT2D eigenvalue weighted by atomic mass is 10.1. The van der Waals surface area contributed by atoms with Crippen molar-refractivity contribution in [3.05, 3.63) is 23.3 Å². The summed E-state index contributed by atoms with van der Waals surface area (Å²) in [6.07, 6.45) is 8.36. The van der Waals surface area contributed by atoms with E-state index >= 15 is 0 Å². The second kappa shape index (κ2) is 7.37. The number of carboxylic acid groups (broad SMARTS) is 1. The maximum Gasteiger partial charge on any atom is 0.320 e. The number of nitrogens with zero attached hydrogens (tertiary/aromatic N) is 1. The molecule has 0 aliphatic carbocycles. The summed E-state index contributed by atoms with van der Waals surface area (Å²) in [6.45, 7) is 8.04. The Morgan fingerprint density at radius 3 is 2.67 bits per heavy atom. The zero-order valence-corrected chi connectivity index (χ0v) is 11.8. The quantitative estimate of drug-likeness (QED) is 0.737. The molecular weight excluding hydrogens is 226 g/mol. The fraction of sp³-hybridized carbons (Fsp3) is 0.667. The molecule has 0 aromatic rings. The van der Waals surface area contributed by atoms with Gasteiger partial charge in [-0.25, -0.2) is 0 Å². The van der Waals surface area contributed by atoms with E-state index in [-0.39, 0.29) is 6.04 Å². The molecule has 0 bridgehead atoms. The third kappa shape index (κ3) is 5.05. The molecular formula is C15H25NO2. The number of hydrogen-bond donors (Lipinski definition) is 1. The van der Waals surface area contributed by atoms with Gasteiger partial charge in [0, 0.05) is 6.54 Å². The fourth-order valence-electron chi connectivity index (χ4n) is 2.29. The van der Waals surface area contributed by atoms with Crippen LogP contribution in [0.2, 0.25) is 0 Å². The Morgan fingerprint density at radius 2 is 2.06 bits per heavy atom. The van der Waals surface area contributed by atoms with Crippen molar-refractivity contribution >= 4 is 5.97 Å². The molecule has 1 fully saturated rings. The van der Waals surface area contributed by atoms with Crippen LogP contribution >= 0.6 is 0 Å². The van der Waals surface area contributed by atoms with Gasteiger partial charge in [-0.2, -0.15) is 0 Å². The summed E-state index contributed by atoms with van der Waals surface area (Å²) >= 11 is 0. The van der Waals surface area contributed by atoms with Gasteiger partial charge in [0.2, 0.25) is 0 Å². The predicted octanol–water partition coefficient (Wildman–Crippen LogP) is 3.23. The normalized spacial score (nSPS) is 21.1. The van der Waals surface area contributed by atoms with Crippen LogP contribution in [-0.2, 0) is 4.79 Å². The van der Waals surface area contributed by atoms with Gasteiger partial charge >= 0.3 is 5.97 Å². The van der Waals surface area contributed by atoms with Crippen molar-refractivity contribution < 1.29 is 9.90 Å². The number of carboxylic acids is 1. The first-order valence-corrected chi connectivity index (χ1v) is 6.76. The molecule has 0 unspecified atom stereocenters. The van der Waals surface area contributed by atoms with E-state index in [1.807, 2.05) is 0 Å². The molecule has 1 atom stereocenters. The van der Waals surface area contributed by atoms with Crippen LogP contribution in [0.3, 0.4) is 0 Å². The molecule has 0 spiro atoms. The molecule has 3 heteroatoms. The number of hydrogen-bond acceptors (Lipinski definition) is 2. The Bertz CT molecular complexity index is 340. The van der Waals surface area contributed by atoms with Gasteiger partial charge < -0.3 is 5.11 Å². The Hall–Kier alpha value is -1.09. The Balaban J connectivity index is 2.38. The molecule has 0 saturated carbocycles. The average molecular weight is 251 g/mol. The summed E-state index contributed by atoms with van der Waals surface area (Å²) in [6, 6.07) is -0.271. The summed E-state index contributed by atoms with van der Waals surface area (Å²) in [4.78, 5) is 13.1. The van der Waals surface area contributed by atoms with Crippen LogP contribution in [-0.4, -0.2) is 35.1 Å². The largest absolute Gasteiger partial charge is 0.480 e. The van der Waals surface area contributed by atoms with Crippen LogP contribution < -0.4 is 0 Å². The standard InChI is InChI=1S/C15H25NO2/c1-12(2)6-4-7-13(3)9-11-16-10-5-8-14(16)15(17)18/h6,9,14H,4-5,7-8,10-11H2,1-3H3,(H,17,18)/b13-9+/t14-/m0/s1. The van der Waals surface area contributed by atoms with E-state index in [2.05, 4.69) is 37.8 Å². The highest BCUT2D eigenvalue weighted by Gasteiger charge is 2.29. The zero-order chi connectivity index (χ0) is 13.5. The molecule has 1 aliphatic rings. The highest BCUT2D eigenvalue weighted by atomic mass is 16.4. The van der Waals surface area contributed by atoms with E-state index in [0.717, 1.165) is 38.8 Å². The highest BCUT2D eigenvalue weighted by molar-refractivity contribution is 5.73. The monoisotopic (exact) mass is 251 g/mol. The molecule has 0 radical (unpaired) electrons. The summed E-state index contributed by atoms with van der Waals surface area (Å²) in [5.74, 6) is -0.678. The maximum atomic E-state index is 11.0. The molecule has 0 aromatic carbocycles. The van der Waals surface area contributed by atoms with E-state index in [9.17, 15) is 4.79 Å². The smallest absolute Gasteiger partial charge is 0.320 e. The third-order valence-electron chi connectivity index (χ3n) is 3.41. The van der Waals surface area contributed by atoms with Crippen molar-refractivity contribution in [3.8, 4) is 0 Å². The molecule has 0 amide bonds. The summed E-state index contributed by atoms with van der Waals surface area (Å²) in [7, 11) is 0. The summed E-state index contributed by atoms with van der Waals surface area (Å²) in [5.41, 5.74) is 2.71. The first-order chi connectivity index (χ1) is 8.50. The van der Waals surface area contributed by atoms with Gasteiger partial charge in [-0.15, -0.1) is 0 Å². The molecule has 1 heterocycles. The highest BCUT2D eigenvalue weighted by Crippen LogP contribution is 2.17. The van der Waals surface area contributed by atoms with Crippen molar-refractivity contribution in [1.29, 1.82) is 0 Å². The van der Waals surface area contributed by atoms with Crippen LogP contribution in [0.4, 0.5) is 0 Å². The molecule has 0 aromatic heterocycles. The maximum absolute atomic E-state index is 11.0. The minimum atomic E-state index is -0.678. The first kappa shape index (κ1) is 15.0. The first-order valence-electron chi connectivity index (χ1n) is 6.76. The van der Waals surface area contributed by atoms with Crippen LogP contribution in [0.15, 0.2) is 23.3 Å². The number of aliphatic carboxylic acids is 1. The van der Waals surface area contributed by atoms with E-state index in [1.165, 1.54) is 11.1 Å². The minimum Gasteiger partial charge on any atom is -0.480 e. The van der Waals surface area contributed by atoms with Crippen molar-refractivity contribution in [2.45, 2.75) is 52.5 Å². The van der Waals surface area contributed by atoms with Crippen LogP contribution in [0.1, 0.15) is 46.5 Å². The van der Waals surface area contributed by atoms with Gasteiger partial charge in [-0.1, -0.05) is 23.3 Å². The van der Waals surface area contributed by atoms with Crippen LogP contribution in [0, 0.1) is 0 Å². The van der Waals surface area contributed by atoms with Crippen molar-refractivity contribution in [1.82, 2.24) is 4.90 Å². The number of allylic oxidation sites excluding steroid dienone is 3. The minimum absolute atomic E-state index is 0.271. The lowest BCUT2D eigenvalue weighted by Gasteiger charge is -2.19. The molecule has 1 aliphatic heterocycles. The predicted molar refractivity (Wildman–Crippen MR) is 74.7 cm³/mol. The molecule has 3 nitrogen and oxygen atoms in total. The van der Waals surface area contributed by atoms with E-state index < -0.39 is 5.97 Å². The number of rotatable bonds is 6. The van der Waals surface area contributed by atoms with Crippen LogP contribution in [0.5, 0.6) is 0 Å². The Kier molecular flexibility index (Phi) is 6.13. The lowest BCUT2D eigenvalue weighted by molar-refractivity contribution is -0.141. The average Bonchev–Trinajstić information content (AvgIpc) is 2.74. The Morgan fingerprint density at radius 1 is 1.33 bits per heavy atom. The van der Waals surface area contributed by atoms with Gasteiger partial charge in [0.1, 0.15) is 6.04 Å². The van der Waals surface area contributed by atoms with Crippen LogP contribution in [0.25, 0.3) is 0 Å². The van der Waals surface area contributed by atoms with Gasteiger partial charge in [0.05, 0.1) is 0 Å². The zero-order valence-electron chi connectivity index (χ0n) is 11.8. The third-order valence-corrected chi connectivity index (χ3v) is 3.41. The van der Waals surface area contributed by atoms with Crippen molar-refractivity contribution in [2.75, 3.05) is 13.1 Å². The lowest BCUT2D eigenvalue weighted by Crippen LogP contribution is -2.36.